The van der Waals surface area contributed by atoms with Crippen LogP contribution in [0.15, 0.2) is 36.5 Å². The predicted molar refractivity (Wildman–Crippen MR) is 123 cm³/mol. The number of fused-ring (bicyclic) bond motifs is 2. The van der Waals surface area contributed by atoms with Crippen LogP contribution in [0.4, 0.5) is 0 Å². The van der Waals surface area contributed by atoms with Crippen molar-refractivity contribution in [2.75, 3.05) is 41.3 Å². The number of hydrogen-bond acceptors (Lipinski definition) is 4. The number of phenols is 2. The van der Waals surface area contributed by atoms with E-state index in [4.69, 9.17) is 0 Å². The van der Waals surface area contributed by atoms with Gasteiger partial charge in [0.05, 0.1) is 5.69 Å². The van der Waals surface area contributed by atoms with E-state index in [2.05, 4.69) is 19.8 Å². The van der Waals surface area contributed by atoms with Crippen LogP contribution in [-0.4, -0.2) is 71.3 Å². The Kier molecular flexibility index (Phi) is 5.45. The molecule has 2 aromatic carbocycles. The summed E-state index contributed by atoms with van der Waals surface area (Å²) in [5.74, 6) is 0.539. The molecular formula is C24H30N4O2. The summed E-state index contributed by atoms with van der Waals surface area (Å²) in [6.45, 7) is 1.75. The molecule has 6 heteroatoms. The fourth-order valence-corrected chi connectivity index (χ4v) is 4.13. The van der Waals surface area contributed by atoms with Gasteiger partial charge in [-0.25, -0.2) is 0 Å². The number of aromatic amines is 2. The molecule has 0 atom stereocenters. The third-order valence-corrected chi connectivity index (χ3v) is 5.71. The Morgan fingerprint density at radius 3 is 2.30 bits per heavy atom. The van der Waals surface area contributed by atoms with Crippen molar-refractivity contribution in [3.8, 4) is 22.8 Å². The molecule has 2 aromatic heterocycles. The van der Waals surface area contributed by atoms with E-state index < -0.39 is 0 Å². The lowest BCUT2D eigenvalue weighted by Gasteiger charge is -2.13. The lowest BCUT2D eigenvalue weighted by molar-refractivity contribution is 0.413. The van der Waals surface area contributed by atoms with Crippen molar-refractivity contribution in [2.24, 2.45) is 0 Å². The van der Waals surface area contributed by atoms with Gasteiger partial charge in [-0.1, -0.05) is 6.07 Å². The average Bonchev–Trinajstić information content (AvgIpc) is 3.27. The first-order valence-electron chi connectivity index (χ1n) is 10.3. The Balaban J connectivity index is 1.89. The molecule has 0 radical (unpaired) electrons. The quantitative estimate of drug-likeness (QED) is 0.375. The summed E-state index contributed by atoms with van der Waals surface area (Å²) in [6, 6.07) is 9.48. The van der Waals surface area contributed by atoms with Gasteiger partial charge in [-0.2, -0.15) is 0 Å². The number of rotatable bonds is 7. The molecule has 4 rings (SSSR count). The van der Waals surface area contributed by atoms with E-state index in [1.165, 1.54) is 0 Å². The van der Waals surface area contributed by atoms with Crippen LogP contribution in [-0.2, 0) is 12.8 Å². The molecule has 4 aromatic rings. The molecule has 0 aliphatic heterocycles. The van der Waals surface area contributed by atoms with E-state index in [1.807, 2.05) is 58.7 Å². The summed E-state index contributed by atoms with van der Waals surface area (Å²) in [5.41, 5.74) is 5.56. The normalized spacial score (nSPS) is 12.1. The summed E-state index contributed by atoms with van der Waals surface area (Å²) in [4.78, 5) is 11.0. The van der Waals surface area contributed by atoms with Crippen LogP contribution in [0.2, 0.25) is 0 Å². The Hall–Kier alpha value is -2.96. The first-order chi connectivity index (χ1) is 14.4. The fourth-order valence-electron chi connectivity index (χ4n) is 4.13. The van der Waals surface area contributed by atoms with Gasteiger partial charge in [0, 0.05) is 46.7 Å². The highest BCUT2D eigenvalue weighted by molar-refractivity contribution is 6.00. The number of nitrogens with zero attached hydrogens (tertiary/aromatic N) is 2. The molecule has 0 aliphatic rings. The van der Waals surface area contributed by atoms with Gasteiger partial charge < -0.3 is 30.0 Å². The van der Waals surface area contributed by atoms with Crippen LogP contribution >= 0.6 is 0 Å². The van der Waals surface area contributed by atoms with E-state index in [-0.39, 0.29) is 11.5 Å². The van der Waals surface area contributed by atoms with Crippen LogP contribution in [0.3, 0.4) is 0 Å². The Morgan fingerprint density at radius 1 is 0.833 bits per heavy atom. The van der Waals surface area contributed by atoms with Gasteiger partial charge in [-0.15, -0.1) is 0 Å². The van der Waals surface area contributed by atoms with Gasteiger partial charge in [0.2, 0.25) is 0 Å². The highest BCUT2D eigenvalue weighted by atomic mass is 16.3. The maximum Gasteiger partial charge on any atom is 0.134 e. The highest BCUT2D eigenvalue weighted by Gasteiger charge is 2.21. The molecule has 0 fully saturated rings. The minimum Gasteiger partial charge on any atom is -0.507 e. The molecule has 0 saturated carbocycles. The monoisotopic (exact) mass is 406 g/mol. The number of aromatic hydroxyl groups is 2. The zero-order chi connectivity index (χ0) is 21.4. The number of likely N-dealkylation sites (N-methyl/N-ethyl adjacent to an activating group) is 2. The smallest absolute Gasteiger partial charge is 0.134 e. The predicted octanol–water partition coefficient (Wildman–Crippen LogP) is 3.94. The molecule has 0 spiro atoms. The lowest BCUT2D eigenvalue weighted by atomic mass is 9.98. The van der Waals surface area contributed by atoms with Gasteiger partial charge in [-0.05, 0) is 76.4 Å². The fraction of sp³-hybridized carbons (Fsp3) is 0.333. The van der Waals surface area contributed by atoms with Crippen molar-refractivity contribution >= 4 is 21.8 Å². The van der Waals surface area contributed by atoms with Crippen molar-refractivity contribution in [2.45, 2.75) is 12.8 Å². The van der Waals surface area contributed by atoms with Crippen molar-refractivity contribution in [1.29, 1.82) is 0 Å². The Bertz CT molecular complexity index is 1190. The second-order valence-electron chi connectivity index (χ2n) is 8.48. The SMILES string of the molecule is CN(C)CCc1c[nH]c2ccc(-c3[nH]c4cccc(O)c4c3CCN(C)C)c(O)c12. The Morgan fingerprint density at radius 2 is 1.57 bits per heavy atom. The standard InChI is InChI=1S/C24H30N4O2/c1-27(2)12-10-15-14-25-18-9-8-17(24(30)21(15)18)23-16(11-13-28(3)4)22-19(26-23)6-5-7-20(22)29/h5-9,14,25-26,29-30H,10-13H2,1-4H3. The molecule has 0 bridgehead atoms. The second kappa shape index (κ2) is 8.05. The molecule has 158 valence electrons. The lowest BCUT2D eigenvalue weighted by Crippen LogP contribution is -2.15. The van der Waals surface area contributed by atoms with Gasteiger partial charge in [0.25, 0.3) is 0 Å². The van der Waals surface area contributed by atoms with Crippen molar-refractivity contribution in [3.63, 3.8) is 0 Å². The maximum atomic E-state index is 11.3. The third kappa shape index (κ3) is 3.64. The van der Waals surface area contributed by atoms with Gasteiger partial charge in [0.1, 0.15) is 11.5 Å². The van der Waals surface area contributed by atoms with E-state index >= 15 is 0 Å². The highest BCUT2D eigenvalue weighted by Crippen LogP contribution is 2.42. The summed E-state index contributed by atoms with van der Waals surface area (Å²) < 4.78 is 0. The van der Waals surface area contributed by atoms with Crippen LogP contribution in [0.25, 0.3) is 33.1 Å². The molecule has 0 amide bonds. The largest absolute Gasteiger partial charge is 0.507 e. The van der Waals surface area contributed by atoms with Gasteiger partial charge in [0.15, 0.2) is 0 Å². The van der Waals surface area contributed by atoms with E-state index in [1.54, 1.807) is 6.07 Å². The van der Waals surface area contributed by atoms with Crippen LogP contribution in [0.1, 0.15) is 11.1 Å². The van der Waals surface area contributed by atoms with Crippen LogP contribution in [0, 0.1) is 0 Å². The summed E-state index contributed by atoms with van der Waals surface area (Å²) >= 11 is 0. The zero-order valence-electron chi connectivity index (χ0n) is 18.1. The van der Waals surface area contributed by atoms with E-state index in [0.29, 0.717) is 0 Å². The summed E-state index contributed by atoms with van der Waals surface area (Å²) in [5, 5.41) is 23.6. The third-order valence-electron chi connectivity index (χ3n) is 5.71. The topological polar surface area (TPSA) is 78.5 Å². The molecule has 0 unspecified atom stereocenters. The first-order valence-corrected chi connectivity index (χ1v) is 10.3. The molecule has 0 aliphatic carbocycles. The average molecular weight is 407 g/mol. The van der Waals surface area contributed by atoms with Crippen molar-refractivity contribution < 1.29 is 10.2 Å². The number of hydrogen-bond donors (Lipinski definition) is 4. The van der Waals surface area contributed by atoms with Gasteiger partial charge in [-0.3, -0.25) is 0 Å². The number of H-pyrrole nitrogens is 2. The first kappa shape index (κ1) is 20.3. The van der Waals surface area contributed by atoms with Crippen molar-refractivity contribution in [3.05, 3.63) is 47.7 Å². The molecule has 0 saturated heterocycles. The molecule has 6 nitrogen and oxygen atoms in total. The van der Waals surface area contributed by atoms with E-state index in [9.17, 15) is 10.2 Å². The number of phenolic OH excluding ortho intramolecular Hbond substituents is 2. The Labute approximate surface area is 176 Å². The van der Waals surface area contributed by atoms with Gasteiger partial charge >= 0.3 is 0 Å². The molecule has 2 heterocycles. The maximum absolute atomic E-state index is 11.3. The van der Waals surface area contributed by atoms with E-state index in [0.717, 1.165) is 70.1 Å². The minimum atomic E-state index is 0.262. The molecule has 4 N–H and O–H groups in total. The number of nitrogens with one attached hydrogen (secondary N) is 2. The molecular weight excluding hydrogens is 376 g/mol. The number of aromatic nitrogens is 2. The molecule has 30 heavy (non-hydrogen) atoms. The summed E-state index contributed by atoms with van der Waals surface area (Å²) in [7, 11) is 8.17. The van der Waals surface area contributed by atoms with Crippen molar-refractivity contribution in [1.82, 2.24) is 19.8 Å². The number of benzene rings is 2. The zero-order valence-corrected chi connectivity index (χ0v) is 18.1. The summed E-state index contributed by atoms with van der Waals surface area (Å²) in [6.07, 6.45) is 3.60. The van der Waals surface area contributed by atoms with Crippen LogP contribution < -0.4 is 0 Å². The second-order valence-corrected chi connectivity index (χ2v) is 8.48. The minimum absolute atomic E-state index is 0.262. The van der Waals surface area contributed by atoms with Crippen LogP contribution in [0.5, 0.6) is 11.5 Å².